The number of carbonyl (C=O) groups is 2. The molecule has 2 aromatic heterocycles. The summed E-state index contributed by atoms with van der Waals surface area (Å²) in [6, 6.07) is 0. The van der Waals surface area contributed by atoms with E-state index in [2.05, 4.69) is 41.4 Å². The number of H-pyrrole nitrogens is 1. The zero-order valence-electron chi connectivity index (χ0n) is 17.6. The molecule has 1 aliphatic carbocycles. The van der Waals surface area contributed by atoms with Crippen molar-refractivity contribution < 1.29 is 9.59 Å². The van der Waals surface area contributed by atoms with Crippen molar-refractivity contribution in [1.29, 1.82) is 0 Å². The number of carbonyl (C=O) groups excluding carboxylic acids is 2. The Morgan fingerprint density at radius 1 is 1.24 bits per heavy atom. The molecule has 2 heterocycles. The smallest absolute Gasteiger partial charge is 0.259 e. The molecule has 0 aromatic carbocycles. The van der Waals surface area contributed by atoms with Crippen LogP contribution in [0.25, 0.3) is 10.2 Å². The van der Waals surface area contributed by atoms with E-state index in [1.54, 1.807) is 11.3 Å². The van der Waals surface area contributed by atoms with E-state index < -0.39 is 0 Å². The fourth-order valence-corrected chi connectivity index (χ4v) is 5.17. The Morgan fingerprint density at radius 2 is 1.97 bits per heavy atom. The topological polar surface area (TPSA) is 104 Å². The minimum Gasteiger partial charge on any atom is -0.355 e. The minimum atomic E-state index is -0.128. The normalized spacial score (nSPS) is 16.5. The number of fused-ring (bicyclic) bond motifs is 3. The molecule has 0 saturated heterocycles. The average Bonchev–Trinajstić information content (AvgIpc) is 3.00. The SMILES string of the molecule is CC(=O)NCCNC(=O)CCc1nc2sc3c(c2c(=O)[nH]1)CCC(C(C)(C)C)C3. The van der Waals surface area contributed by atoms with Gasteiger partial charge in [0.15, 0.2) is 0 Å². The van der Waals surface area contributed by atoms with Crippen LogP contribution >= 0.6 is 11.3 Å². The maximum atomic E-state index is 12.7. The van der Waals surface area contributed by atoms with Crippen molar-refractivity contribution in [2.45, 2.75) is 59.8 Å². The molecule has 0 aliphatic heterocycles. The van der Waals surface area contributed by atoms with Crippen LogP contribution in [-0.4, -0.2) is 34.9 Å². The van der Waals surface area contributed by atoms with Gasteiger partial charge in [0, 0.05) is 37.7 Å². The highest BCUT2D eigenvalue weighted by atomic mass is 32.1. The van der Waals surface area contributed by atoms with Gasteiger partial charge in [-0.3, -0.25) is 14.4 Å². The van der Waals surface area contributed by atoms with Crippen LogP contribution in [0.1, 0.15) is 56.8 Å². The van der Waals surface area contributed by atoms with Crippen molar-refractivity contribution in [2.75, 3.05) is 13.1 Å². The van der Waals surface area contributed by atoms with Crippen LogP contribution in [0.4, 0.5) is 0 Å². The Balaban J connectivity index is 1.67. The van der Waals surface area contributed by atoms with Crippen LogP contribution < -0.4 is 16.2 Å². The first-order valence-corrected chi connectivity index (χ1v) is 11.0. The molecule has 2 aromatic rings. The highest BCUT2D eigenvalue weighted by Crippen LogP contribution is 2.41. The molecule has 1 unspecified atom stereocenters. The third kappa shape index (κ3) is 5.23. The molecule has 0 fully saturated rings. The first-order valence-electron chi connectivity index (χ1n) is 10.2. The maximum absolute atomic E-state index is 12.7. The van der Waals surface area contributed by atoms with Crippen LogP contribution in [0.2, 0.25) is 0 Å². The Hall–Kier alpha value is -2.22. The van der Waals surface area contributed by atoms with E-state index in [0.717, 1.165) is 29.5 Å². The molecule has 158 valence electrons. The van der Waals surface area contributed by atoms with E-state index in [-0.39, 0.29) is 29.2 Å². The molecule has 0 saturated carbocycles. The summed E-state index contributed by atoms with van der Waals surface area (Å²) in [6.07, 6.45) is 3.65. The van der Waals surface area contributed by atoms with Crippen molar-refractivity contribution in [2.24, 2.45) is 11.3 Å². The second-order valence-electron chi connectivity index (χ2n) is 8.84. The molecule has 2 amide bonds. The number of nitrogens with zero attached hydrogens (tertiary/aromatic N) is 1. The second kappa shape index (κ2) is 8.65. The van der Waals surface area contributed by atoms with Gasteiger partial charge in [0.25, 0.3) is 5.56 Å². The first kappa shape index (κ1) is 21.5. The quantitative estimate of drug-likeness (QED) is 0.626. The number of hydrogen-bond acceptors (Lipinski definition) is 5. The largest absolute Gasteiger partial charge is 0.355 e. The van der Waals surface area contributed by atoms with Gasteiger partial charge < -0.3 is 15.6 Å². The summed E-state index contributed by atoms with van der Waals surface area (Å²) in [5, 5.41) is 6.11. The van der Waals surface area contributed by atoms with Crippen LogP contribution in [0.3, 0.4) is 0 Å². The zero-order valence-corrected chi connectivity index (χ0v) is 18.4. The van der Waals surface area contributed by atoms with E-state index in [1.807, 2.05) is 0 Å². The molecule has 0 spiro atoms. The summed E-state index contributed by atoms with van der Waals surface area (Å²) in [6.45, 7) is 9.05. The number of rotatable bonds is 6. The van der Waals surface area contributed by atoms with Gasteiger partial charge in [0.2, 0.25) is 11.8 Å². The zero-order chi connectivity index (χ0) is 21.2. The lowest BCUT2D eigenvalue weighted by molar-refractivity contribution is -0.122. The number of aromatic nitrogens is 2. The van der Waals surface area contributed by atoms with Crippen molar-refractivity contribution in [1.82, 2.24) is 20.6 Å². The number of aryl methyl sites for hydroxylation is 2. The lowest BCUT2D eigenvalue weighted by Gasteiger charge is -2.33. The monoisotopic (exact) mass is 418 g/mol. The van der Waals surface area contributed by atoms with Gasteiger partial charge in [-0.05, 0) is 36.2 Å². The van der Waals surface area contributed by atoms with Crippen molar-refractivity contribution in [3.63, 3.8) is 0 Å². The Morgan fingerprint density at radius 3 is 2.66 bits per heavy atom. The van der Waals surface area contributed by atoms with Crippen molar-refractivity contribution >= 4 is 33.4 Å². The second-order valence-corrected chi connectivity index (χ2v) is 9.92. The number of hydrogen-bond donors (Lipinski definition) is 3. The van der Waals surface area contributed by atoms with Gasteiger partial charge in [-0.15, -0.1) is 11.3 Å². The summed E-state index contributed by atoms with van der Waals surface area (Å²) in [5.74, 6) is 0.909. The summed E-state index contributed by atoms with van der Waals surface area (Å²) in [4.78, 5) is 45.1. The highest BCUT2D eigenvalue weighted by Gasteiger charge is 2.31. The van der Waals surface area contributed by atoms with Crippen LogP contribution in [0.5, 0.6) is 0 Å². The molecular weight excluding hydrogens is 388 g/mol. The van der Waals surface area contributed by atoms with Gasteiger partial charge >= 0.3 is 0 Å². The van der Waals surface area contributed by atoms with Gasteiger partial charge in [-0.25, -0.2) is 4.98 Å². The van der Waals surface area contributed by atoms with Crippen LogP contribution in [-0.2, 0) is 28.9 Å². The molecule has 8 heteroatoms. The number of aromatic amines is 1. The lowest BCUT2D eigenvalue weighted by Crippen LogP contribution is -2.33. The fourth-order valence-electron chi connectivity index (χ4n) is 3.85. The molecule has 3 N–H and O–H groups in total. The lowest BCUT2D eigenvalue weighted by atomic mass is 9.72. The Bertz CT molecular complexity index is 971. The van der Waals surface area contributed by atoms with E-state index in [9.17, 15) is 14.4 Å². The van der Waals surface area contributed by atoms with Crippen LogP contribution in [0, 0.1) is 11.3 Å². The molecule has 0 radical (unpaired) electrons. The maximum Gasteiger partial charge on any atom is 0.259 e. The van der Waals surface area contributed by atoms with Crippen molar-refractivity contribution in [3.8, 4) is 0 Å². The molecule has 0 bridgehead atoms. The van der Waals surface area contributed by atoms with Gasteiger partial charge in [-0.1, -0.05) is 20.8 Å². The fraction of sp³-hybridized carbons (Fsp3) is 0.619. The summed E-state index contributed by atoms with van der Waals surface area (Å²) < 4.78 is 0. The molecule has 29 heavy (non-hydrogen) atoms. The molecule has 3 rings (SSSR count). The van der Waals surface area contributed by atoms with E-state index in [1.165, 1.54) is 17.4 Å². The summed E-state index contributed by atoms with van der Waals surface area (Å²) in [5.41, 5.74) is 1.33. The molecule has 1 aliphatic rings. The first-order chi connectivity index (χ1) is 13.6. The van der Waals surface area contributed by atoms with E-state index >= 15 is 0 Å². The minimum absolute atomic E-state index is 0.0947. The predicted octanol–water partition coefficient (Wildman–Crippen LogP) is 2.32. The average molecular weight is 419 g/mol. The molecular formula is C21H30N4O3S. The van der Waals surface area contributed by atoms with E-state index in [0.29, 0.717) is 31.3 Å². The number of nitrogens with one attached hydrogen (secondary N) is 3. The molecule has 7 nitrogen and oxygen atoms in total. The molecule has 1 atom stereocenters. The predicted molar refractivity (Wildman–Crippen MR) is 115 cm³/mol. The van der Waals surface area contributed by atoms with Gasteiger partial charge in [0.1, 0.15) is 10.7 Å². The van der Waals surface area contributed by atoms with E-state index in [4.69, 9.17) is 0 Å². The van der Waals surface area contributed by atoms with Gasteiger partial charge in [0.05, 0.1) is 5.39 Å². The number of amides is 2. The number of thiophene rings is 1. The van der Waals surface area contributed by atoms with Crippen LogP contribution in [0.15, 0.2) is 4.79 Å². The van der Waals surface area contributed by atoms with Crippen molar-refractivity contribution in [3.05, 3.63) is 26.6 Å². The standard InChI is InChI=1S/C21H30N4O3S/c1-12(26)22-9-10-23-17(27)8-7-16-24-19(28)18-14-6-5-13(21(2,3)4)11-15(14)29-20(18)25-16/h13H,5-11H2,1-4H3,(H,22,26)(H,23,27)(H,24,25,28). The Labute approximate surface area is 174 Å². The summed E-state index contributed by atoms with van der Waals surface area (Å²) in [7, 11) is 0. The third-order valence-corrected chi connectivity index (χ3v) is 6.75. The highest BCUT2D eigenvalue weighted by molar-refractivity contribution is 7.18. The Kier molecular flexibility index (Phi) is 6.41. The third-order valence-electron chi connectivity index (χ3n) is 5.60. The van der Waals surface area contributed by atoms with Gasteiger partial charge in [-0.2, -0.15) is 0 Å². The summed E-state index contributed by atoms with van der Waals surface area (Å²) >= 11 is 1.63.